The molecule has 1 aromatic carbocycles. The van der Waals surface area contributed by atoms with Crippen molar-refractivity contribution in [3.63, 3.8) is 0 Å². The van der Waals surface area contributed by atoms with Crippen LogP contribution in [0.3, 0.4) is 0 Å². The molecule has 1 aliphatic carbocycles. The highest BCUT2D eigenvalue weighted by molar-refractivity contribution is 6.09. The second-order valence-electron chi connectivity index (χ2n) is 6.95. The number of carbonyl (C=O) groups excluding carboxylic acids is 1. The van der Waals surface area contributed by atoms with E-state index in [4.69, 9.17) is 0 Å². The van der Waals surface area contributed by atoms with E-state index in [0.717, 1.165) is 25.7 Å². The molecule has 1 fully saturated rings. The van der Waals surface area contributed by atoms with E-state index < -0.39 is 0 Å². The first-order chi connectivity index (χ1) is 12.2. The molecule has 5 rings (SSSR count). The van der Waals surface area contributed by atoms with Crippen molar-refractivity contribution in [2.75, 3.05) is 11.4 Å². The van der Waals surface area contributed by atoms with E-state index in [1.165, 1.54) is 6.07 Å². The lowest BCUT2D eigenvalue weighted by Gasteiger charge is -2.24. The lowest BCUT2D eigenvalue weighted by Crippen LogP contribution is -2.36. The molecule has 0 saturated heterocycles. The molecule has 0 radical (unpaired) electrons. The second kappa shape index (κ2) is 5.12. The fraction of sp³-hybridized carbons (Fsp3) is 0.316. The minimum Gasteiger partial charge on any atom is -0.306 e. The SMILES string of the molecule is O=C(c1nccn2ccnc12)N1CC2(CCCC2)c2c(F)cccc21. The molecular formula is C19H17FN4O. The molecule has 126 valence electrons. The number of anilines is 1. The zero-order valence-electron chi connectivity index (χ0n) is 13.7. The topological polar surface area (TPSA) is 50.5 Å². The molecule has 3 aromatic rings. The van der Waals surface area contributed by atoms with Gasteiger partial charge in [0.05, 0.1) is 5.69 Å². The van der Waals surface area contributed by atoms with Crippen molar-refractivity contribution in [3.8, 4) is 0 Å². The number of amides is 1. The smallest absolute Gasteiger partial charge is 0.280 e. The van der Waals surface area contributed by atoms with Crippen LogP contribution in [0, 0.1) is 5.82 Å². The molecular weight excluding hydrogens is 319 g/mol. The average Bonchev–Trinajstić information content (AvgIpc) is 3.34. The minimum absolute atomic E-state index is 0.207. The molecule has 25 heavy (non-hydrogen) atoms. The number of aromatic nitrogens is 3. The lowest BCUT2D eigenvalue weighted by molar-refractivity contribution is 0.0981. The van der Waals surface area contributed by atoms with Crippen LogP contribution in [0.4, 0.5) is 10.1 Å². The van der Waals surface area contributed by atoms with Gasteiger partial charge in [0.15, 0.2) is 11.3 Å². The number of fused-ring (bicyclic) bond motifs is 3. The van der Waals surface area contributed by atoms with E-state index >= 15 is 0 Å². The predicted octanol–water partition coefficient (Wildman–Crippen LogP) is 3.34. The largest absolute Gasteiger partial charge is 0.306 e. The maximum Gasteiger partial charge on any atom is 0.280 e. The molecule has 0 unspecified atom stereocenters. The minimum atomic E-state index is -0.253. The van der Waals surface area contributed by atoms with Gasteiger partial charge in [-0.3, -0.25) is 4.79 Å². The van der Waals surface area contributed by atoms with Crippen molar-refractivity contribution in [3.05, 3.63) is 60.1 Å². The van der Waals surface area contributed by atoms with Gasteiger partial charge in [-0.2, -0.15) is 0 Å². The summed E-state index contributed by atoms with van der Waals surface area (Å²) in [6, 6.07) is 5.02. The van der Waals surface area contributed by atoms with Crippen molar-refractivity contribution < 1.29 is 9.18 Å². The molecule has 3 heterocycles. The van der Waals surface area contributed by atoms with E-state index in [2.05, 4.69) is 9.97 Å². The Morgan fingerprint density at radius 3 is 2.68 bits per heavy atom. The maximum absolute atomic E-state index is 14.7. The van der Waals surface area contributed by atoms with Gasteiger partial charge >= 0.3 is 0 Å². The Morgan fingerprint density at radius 2 is 1.88 bits per heavy atom. The summed E-state index contributed by atoms with van der Waals surface area (Å²) in [4.78, 5) is 23.5. The summed E-state index contributed by atoms with van der Waals surface area (Å²) in [7, 11) is 0. The lowest BCUT2D eigenvalue weighted by atomic mass is 9.80. The Balaban J connectivity index is 1.65. The van der Waals surface area contributed by atoms with E-state index in [0.29, 0.717) is 29.1 Å². The number of carbonyl (C=O) groups is 1. The summed E-state index contributed by atoms with van der Waals surface area (Å²) in [5.41, 5.74) is 1.96. The van der Waals surface area contributed by atoms with Gasteiger partial charge in [-0.15, -0.1) is 0 Å². The number of halogens is 1. The van der Waals surface area contributed by atoms with Gasteiger partial charge in [0, 0.05) is 42.3 Å². The van der Waals surface area contributed by atoms with Crippen LogP contribution < -0.4 is 4.90 Å². The van der Waals surface area contributed by atoms with Gasteiger partial charge in [-0.05, 0) is 25.0 Å². The van der Waals surface area contributed by atoms with Crippen molar-refractivity contribution >= 4 is 17.2 Å². The second-order valence-corrected chi connectivity index (χ2v) is 6.95. The third-order valence-electron chi connectivity index (χ3n) is 5.59. The van der Waals surface area contributed by atoms with E-state index in [1.807, 2.05) is 6.07 Å². The Morgan fingerprint density at radius 1 is 1.12 bits per heavy atom. The number of benzene rings is 1. The van der Waals surface area contributed by atoms with Crippen molar-refractivity contribution in [2.24, 2.45) is 0 Å². The summed E-state index contributed by atoms with van der Waals surface area (Å²) in [5, 5.41) is 0. The first kappa shape index (κ1) is 14.6. The van der Waals surface area contributed by atoms with Crippen LogP contribution >= 0.6 is 0 Å². The molecule has 0 N–H and O–H groups in total. The quantitative estimate of drug-likeness (QED) is 0.685. The third-order valence-corrected chi connectivity index (χ3v) is 5.59. The van der Waals surface area contributed by atoms with E-state index in [9.17, 15) is 9.18 Å². The Hall–Kier alpha value is -2.76. The molecule has 6 heteroatoms. The van der Waals surface area contributed by atoms with Crippen LogP contribution in [0.15, 0.2) is 43.0 Å². The standard InChI is InChI=1S/C19H17FN4O/c20-13-4-3-5-14-15(13)19(6-1-2-7-19)12-24(14)18(25)16-17-22-9-11-23(17)10-8-21-16/h3-5,8-11H,1-2,6-7,12H2. The Kier molecular flexibility index (Phi) is 2.98. The van der Waals surface area contributed by atoms with E-state index in [-0.39, 0.29) is 17.1 Å². The van der Waals surface area contributed by atoms with Crippen LogP contribution in [0.5, 0.6) is 0 Å². The first-order valence-corrected chi connectivity index (χ1v) is 8.58. The zero-order chi connectivity index (χ0) is 17.0. The molecule has 0 atom stereocenters. The maximum atomic E-state index is 14.7. The molecule has 2 aliphatic rings. The van der Waals surface area contributed by atoms with Crippen LogP contribution in [-0.4, -0.2) is 26.8 Å². The van der Waals surface area contributed by atoms with Crippen molar-refractivity contribution in [2.45, 2.75) is 31.1 Å². The molecule has 1 amide bonds. The first-order valence-electron chi connectivity index (χ1n) is 8.58. The summed E-state index contributed by atoms with van der Waals surface area (Å²) < 4.78 is 16.4. The monoisotopic (exact) mass is 336 g/mol. The predicted molar refractivity (Wildman–Crippen MR) is 91.2 cm³/mol. The molecule has 1 saturated carbocycles. The van der Waals surface area contributed by atoms with Gasteiger partial charge in [-0.25, -0.2) is 14.4 Å². The number of nitrogens with zero attached hydrogens (tertiary/aromatic N) is 4. The highest BCUT2D eigenvalue weighted by atomic mass is 19.1. The Bertz CT molecular complexity index is 990. The summed E-state index contributed by atoms with van der Waals surface area (Å²) in [6.07, 6.45) is 10.8. The fourth-order valence-corrected chi connectivity index (χ4v) is 4.50. The summed E-state index contributed by atoms with van der Waals surface area (Å²) >= 11 is 0. The van der Waals surface area contributed by atoms with Crippen molar-refractivity contribution in [1.29, 1.82) is 0 Å². The highest BCUT2D eigenvalue weighted by Gasteiger charge is 2.48. The van der Waals surface area contributed by atoms with Gasteiger partial charge in [-0.1, -0.05) is 18.9 Å². The molecule has 5 nitrogen and oxygen atoms in total. The summed E-state index contributed by atoms with van der Waals surface area (Å²) in [5.74, 6) is -0.422. The number of hydrogen-bond donors (Lipinski definition) is 0. The zero-order valence-corrected chi connectivity index (χ0v) is 13.7. The Labute approximate surface area is 144 Å². The van der Waals surface area contributed by atoms with Crippen LogP contribution in [-0.2, 0) is 5.41 Å². The molecule has 2 aromatic heterocycles. The van der Waals surface area contributed by atoms with Gasteiger partial charge in [0.2, 0.25) is 0 Å². The average molecular weight is 336 g/mol. The fourth-order valence-electron chi connectivity index (χ4n) is 4.50. The van der Waals surface area contributed by atoms with Gasteiger partial charge in [0.25, 0.3) is 5.91 Å². The van der Waals surface area contributed by atoms with Crippen molar-refractivity contribution in [1.82, 2.24) is 14.4 Å². The number of rotatable bonds is 1. The summed E-state index contributed by atoms with van der Waals surface area (Å²) in [6.45, 7) is 0.519. The van der Waals surface area contributed by atoms with Gasteiger partial charge in [0.1, 0.15) is 5.82 Å². The molecule has 0 bridgehead atoms. The third kappa shape index (κ3) is 1.97. The highest BCUT2D eigenvalue weighted by Crippen LogP contribution is 2.51. The van der Waals surface area contributed by atoms with Crippen LogP contribution in [0.2, 0.25) is 0 Å². The van der Waals surface area contributed by atoms with Crippen LogP contribution in [0.25, 0.3) is 5.65 Å². The molecule has 1 aliphatic heterocycles. The normalized spacial score (nSPS) is 18.2. The molecule has 1 spiro atoms. The van der Waals surface area contributed by atoms with Gasteiger partial charge < -0.3 is 9.30 Å². The van der Waals surface area contributed by atoms with E-state index in [1.54, 1.807) is 40.2 Å². The number of hydrogen-bond acceptors (Lipinski definition) is 3. The number of imidazole rings is 1. The van der Waals surface area contributed by atoms with Crippen LogP contribution in [0.1, 0.15) is 41.7 Å².